The molecule has 0 radical (unpaired) electrons. The van der Waals surface area contributed by atoms with Crippen LogP contribution in [0.25, 0.3) is 0 Å². The second-order valence-corrected chi connectivity index (χ2v) is 8.77. The van der Waals surface area contributed by atoms with E-state index in [-0.39, 0.29) is 10.8 Å². The number of allylic oxidation sites excluding steroid dienone is 4. The minimum Gasteiger partial charge on any atom is -0.299 e. The van der Waals surface area contributed by atoms with Crippen LogP contribution >= 0.6 is 0 Å². The normalized spacial score (nSPS) is 47.3. The average molecular weight is 309 g/mol. The van der Waals surface area contributed by atoms with E-state index in [0.717, 1.165) is 43.4 Å². The number of nitriles is 1. The van der Waals surface area contributed by atoms with Crippen molar-refractivity contribution < 1.29 is 4.79 Å². The quantitative estimate of drug-likeness (QED) is 0.468. The second kappa shape index (κ2) is 5.07. The first kappa shape index (κ1) is 15.2. The molecule has 122 valence electrons. The third-order valence-corrected chi connectivity index (χ3v) is 8.02. The Bertz CT molecular complexity index is 651. The first-order valence-electron chi connectivity index (χ1n) is 9.29. The van der Waals surface area contributed by atoms with Gasteiger partial charge in [0.15, 0.2) is 0 Å². The van der Waals surface area contributed by atoms with Crippen LogP contribution in [0, 0.1) is 39.9 Å². The number of carbonyl (C=O) groups is 1. The van der Waals surface area contributed by atoms with Crippen LogP contribution < -0.4 is 0 Å². The number of fused-ring (bicyclic) bond motifs is 5. The fraction of sp³-hybridized carbons (Fsp3) is 0.714. The summed E-state index contributed by atoms with van der Waals surface area (Å²) in [4.78, 5) is 11.9. The molecule has 0 aromatic heterocycles. The molecule has 4 rings (SSSR count). The lowest BCUT2D eigenvalue weighted by Crippen LogP contribution is -2.49. The van der Waals surface area contributed by atoms with E-state index < -0.39 is 0 Å². The molecule has 0 N–H and O–H groups in total. The Kier molecular flexibility index (Phi) is 3.34. The summed E-state index contributed by atoms with van der Waals surface area (Å²) in [5.41, 5.74) is 3.37. The summed E-state index contributed by atoms with van der Waals surface area (Å²) in [5.74, 6) is 2.66. The fourth-order valence-electron chi connectivity index (χ4n) is 6.64. The van der Waals surface area contributed by atoms with Crippen molar-refractivity contribution in [1.29, 1.82) is 5.26 Å². The first-order valence-corrected chi connectivity index (χ1v) is 9.29. The van der Waals surface area contributed by atoms with Gasteiger partial charge in [0.1, 0.15) is 5.78 Å². The van der Waals surface area contributed by atoms with E-state index in [1.54, 1.807) is 0 Å². The first-order chi connectivity index (χ1) is 11.0. The highest BCUT2D eigenvalue weighted by Crippen LogP contribution is 2.65. The van der Waals surface area contributed by atoms with Gasteiger partial charge in [-0.05, 0) is 67.1 Å². The smallest absolute Gasteiger partial charge is 0.136 e. The van der Waals surface area contributed by atoms with Crippen molar-refractivity contribution in [2.45, 2.75) is 65.2 Å². The molecule has 3 unspecified atom stereocenters. The predicted octanol–water partition coefficient (Wildman–Crippen LogP) is 4.97. The molecular formula is C21H27NO. The molecule has 0 saturated heterocycles. The summed E-state index contributed by atoms with van der Waals surface area (Å²) in [7, 11) is 0. The monoisotopic (exact) mass is 309 g/mol. The Morgan fingerprint density at radius 1 is 1.17 bits per heavy atom. The molecule has 23 heavy (non-hydrogen) atoms. The number of hydrogen-bond donors (Lipinski definition) is 0. The predicted molar refractivity (Wildman–Crippen MR) is 90.4 cm³/mol. The summed E-state index contributed by atoms with van der Waals surface area (Å²) >= 11 is 0. The van der Waals surface area contributed by atoms with Crippen LogP contribution in [0.1, 0.15) is 65.2 Å². The number of rotatable bonds is 0. The van der Waals surface area contributed by atoms with Crippen LogP contribution in [0.4, 0.5) is 0 Å². The molecule has 0 heterocycles. The maximum Gasteiger partial charge on any atom is 0.136 e. The van der Waals surface area contributed by atoms with Crippen molar-refractivity contribution in [1.82, 2.24) is 0 Å². The van der Waals surface area contributed by atoms with Crippen LogP contribution in [0.15, 0.2) is 23.3 Å². The van der Waals surface area contributed by atoms with Crippen molar-refractivity contribution >= 4 is 5.78 Å². The maximum absolute atomic E-state index is 11.9. The second-order valence-electron chi connectivity index (χ2n) is 8.77. The lowest BCUT2D eigenvalue weighted by atomic mass is 9.48. The van der Waals surface area contributed by atoms with Gasteiger partial charge in [0.2, 0.25) is 0 Å². The Labute approximate surface area is 139 Å². The van der Waals surface area contributed by atoms with Crippen molar-refractivity contribution in [3.05, 3.63) is 23.3 Å². The van der Waals surface area contributed by atoms with Crippen LogP contribution in [-0.2, 0) is 4.79 Å². The third kappa shape index (κ3) is 2.02. The summed E-state index contributed by atoms with van der Waals surface area (Å²) < 4.78 is 0. The minimum atomic E-state index is 0.253. The van der Waals surface area contributed by atoms with Crippen molar-refractivity contribution in [3.63, 3.8) is 0 Å². The molecule has 0 aliphatic heterocycles. The lowest BCUT2D eigenvalue weighted by molar-refractivity contribution is -0.122. The molecule has 2 nitrogen and oxygen atoms in total. The van der Waals surface area contributed by atoms with Crippen LogP contribution in [-0.4, -0.2) is 5.78 Å². The molecule has 3 saturated carbocycles. The van der Waals surface area contributed by atoms with Gasteiger partial charge in [0, 0.05) is 18.9 Å². The number of Topliss-reactive ketones (excluding diaryl/α,β-unsaturated/α-hetero) is 1. The molecule has 2 heteroatoms. The molecule has 0 spiro atoms. The highest BCUT2D eigenvalue weighted by Gasteiger charge is 2.57. The van der Waals surface area contributed by atoms with Gasteiger partial charge >= 0.3 is 0 Å². The van der Waals surface area contributed by atoms with E-state index in [0.29, 0.717) is 12.2 Å². The summed E-state index contributed by atoms with van der Waals surface area (Å²) in [6, 6.07) is 2.29. The molecule has 4 aliphatic carbocycles. The molecule has 4 aliphatic rings. The standard InChI is InChI=1S/C21H27NO/c1-20-11-8-19-17(18(20)6-4-14(20)9-12-22)5-3-15-13-16(23)7-10-21(15,19)2/h3,9,17-19H,4-8,10-11,13H2,1-2H3/b14-9-/t17?,18-,19-,20?,21?/m0/s1. The minimum absolute atomic E-state index is 0.253. The average Bonchev–Trinajstić information content (AvgIpc) is 2.85. The maximum atomic E-state index is 11.9. The molecule has 5 atom stereocenters. The Hall–Kier alpha value is -1.36. The van der Waals surface area contributed by atoms with Gasteiger partial charge in [-0.2, -0.15) is 5.26 Å². The van der Waals surface area contributed by atoms with Crippen molar-refractivity contribution in [3.8, 4) is 6.07 Å². The number of ketones is 1. The van der Waals surface area contributed by atoms with Crippen molar-refractivity contribution in [2.75, 3.05) is 0 Å². The highest BCUT2D eigenvalue weighted by atomic mass is 16.1. The Morgan fingerprint density at radius 3 is 2.74 bits per heavy atom. The SMILES string of the molecule is CC12CCC(=O)CC1=CCC1[C@@H]2CCC2(C)/C(=C\C#N)CC[C@@H]12. The van der Waals surface area contributed by atoms with Gasteiger partial charge in [0.05, 0.1) is 6.07 Å². The fourth-order valence-corrected chi connectivity index (χ4v) is 6.64. The zero-order valence-corrected chi connectivity index (χ0v) is 14.4. The number of hydrogen-bond acceptors (Lipinski definition) is 2. The van der Waals surface area contributed by atoms with Crippen LogP contribution in [0.5, 0.6) is 0 Å². The van der Waals surface area contributed by atoms with Gasteiger partial charge in [-0.1, -0.05) is 31.1 Å². The van der Waals surface area contributed by atoms with Gasteiger partial charge in [0.25, 0.3) is 0 Å². The zero-order valence-electron chi connectivity index (χ0n) is 14.4. The van der Waals surface area contributed by atoms with Gasteiger partial charge in [-0.3, -0.25) is 4.79 Å². The van der Waals surface area contributed by atoms with E-state index in [2.05, 4.69) is 26.0 Å². The van der Waals surface area contributed by atoms with Crippen LogP contribution in [0.2, 0.25) is 0 Å². The summed E-state index contributed by atoms with van der Waals surface area (Å²) in [6.45, 7) is 4.85. The molecule has 0 amide bonds. The van der Waals surface area contributed by atoms with E-state index in [1.807, 2.05) is 6.08 Å². The van der Waals surface area contributed by atoms with Crippen molar-refractivity contribution in [2.24, 2.45) is 28.6 Å². The molecule has 3 fully saturated rings. The largest absolute Gasteiger partial charge is 0.299 e. The van der Waals surface area contributed by atoms with E-state index in [1.165, 1.54) is 30.4 Å². The van der Waals surface area contributed by atoms with E-state index in [4.69, 9.17) is 5.26 Å². The topological polar surface area (TPSA) is 40.9 Å². The van der Waals surface area contributed by atoms with Gasteiger partial charge in [-0.25, -0.2) is 0 Å². The lowest BCUT2D eigenvalue weighted by Gasteiger charge is -2.56. The molecule has 0 bridgehead atoms. The Balaban J connectivity index is 1.69. The van der Waals surface area contributed by atoms with E-state index >= 15 is 0 Å². The summed E-state index contributed by atoms with van der Waals surface area (Å²) in [5, 5.41) is 9.12. The molecule has 0 aromatic carbocycles. The zero-order chi connectivity index (χ0) is 16.2. The number of nitrogens with zero attached hydrogens (tertiary/aromatic N) is 1. The third-order valence-electron chi connectivity index (χ3n) is 8.02. The summed E-state index contributed by atoms with van der Waals surface area (Å²) in [6.07, 6.45) is 12.8. The van der Waals surface area contributed by atoms with Crippen LogP contribution in [0.3, 0.4) is 0 Å². The molecule has 0 aromatic rings. The van der Waals surface area contributed by atoms with Gasteiger partial charge < -0.3 is 0 Å². The van der Waals surface area contributed by atoms with E-state index in [9.17, 15) is 4.79 Å². The highest BCUT2D eigenvalue weighted by molar-refractivity contribution is 5.82. The molecular weight excluding hydrogens is 282 g/mol. The number of carbonyl (C=O) groups excluding carboxylic acids is 1. The Morgan fingerprint density at radius 2 is 1.96 bits per heavy atom. The van der Waals surface area contributed by atoms with Gasteiger partial charge in [-0.15, -0.1) is 0 Å².